The Morgan fingerprint density at radius 2 is 1.50 bits per heavy atom. The standard InChI is InChI=1S/C22H18Cl4N2O3S/c1-13-9-11-16(12-10-13)32(30,31)28-20(15-7-5-4-6-8-15)27-18-14(2)17(23)19(29)22(25,26)21(18,3)24/h4-12H,1-3H3. The summed E-state index contributed by atoms with van der Waals surface area (Å²) in [7, 11) is -4.13. The first-order valence-corrected chi connectivity index (χ1v) is 12.3. The van der Waals surface area contributed by atoms with E-state index in [9.17, 15) is 13.2 Å². The van der Waals surface area contributed by atoms with E-state index < -0.39 is 25.0 Å². The van der Waals surface area contributed by atoms with E-state index in [0.29, 0.717) is 5.56 Å². The Bertz CT molecular complexity index is 1260. The number of carbonyl (C=O) groups excluding carboxylic acids is 1. The number of hydrogen-bond donors (Lipinski definition) is 0. The van der Waals surface area contributed by atoms with Gasteiger partial charge in [0.2, 0.25) is 10.1 Å². The second kappa shape index (κ2) is 8.92. The first kappa shape index (κ1) is 24.9. The number of amidine groups is 1. The number of alkyl halides is 3. The van der Waals surface area contributed by atoms with Crippen molar-refractivity contribution >= 4 is 73.8 Å². The Labute approximate surface area is 206 Å². The molecule has 0 radical (unpaired) electrons. The van der Waals surface area contributed by atoms with Gasteiger partial charge < -0.3 is 0 Å². The van der Waals surface area contributed by atoms with Crippen LogP contribution >= 0.6 is 46.4 Å². The number of halogens is 4. The second-order valence-corrected chi connectivity index (χ2v) is 11.4. The lowest BCUT2D eigenvalue weighted by molar-refractivity contribution is -0.116. The number of aliphatic imine (C=N–C) groups is 1. The van der Waals surface area contributed by atoms with Crippen molar-refractivity contribution in [3.05, 3.63) is 76.3 Å². The topological polar surface area (TPSA) is 75.9 Å². The molecule has 0 aromatic heterocycles. The van der Waals surface area contributed by atoms with E-state index in [4.69, 9.17) is 46.4 Å². The molecule has 0 spiro atoms. The predicted octanol–water partition coefficient (Wildman–Crippen LogP) is 5.84. The molecule has 1 aliphatic rings. The summed E-state index contributed by atoms with van der Waals surface area (Å²) < 4.78 is 27.9. The van der Waals surface area contributed by atoms with E-state index in [1.807, 2.05) is 6.92 Å². The zero-order valence-corrected chi connectivity index (χ0v) is 21.1. The molecule has 10 heteroatoms. The van der Waals surface area contributed by atoms with Crippen molar-refractivity contribution in [3.63, 3.8) is 0 Å². The lowest BCUT2D eigenvalue weighted by atomic mass is 9.85. The number of benzene rings is 2. The number of aryl methyl sites for hydroxylation is 1. The van der Waals surface area contributed by atoms with Gasteiger partial charge in [0, 0.05) is 5.56 Å². The molecule has 0 saturated carbocycles. The van der Waals surface area contributed by atoms with Gasteiger partial charge >= 0.3 is 0 Å². The molecule has 32 heavy (non-hydrogen) atoms. The molecule has 2 aromatic rings. The van der Waals surface area contributed by atoms with E-state index in [-0.39, 0.29) is 27.0 Å². The maximum Gasteiger partial charge on any atom is 0.284 e. The molecule has 1 aliphatic carbocycles. The molecule has 0 aliphatic heterocycles. The van der Waals surface area contributed by atoms with Gasteiger partial charge in [0.25, 0.3) is 10.0 Å². The van der Waals surface area contributed by atoms with Crippen LogP contribution in [0.3, 0.4) is 0 Å². The fourth-order valence-corrected chi connectivity index (χ4v) is 4.95. The second-order valence-electron chi connectivity index (χ2n) is 7.37. The summed E-state index contributed by atoms with van der Waals surface area (Å²) in [6, 6.07) is 14.7. The number of ketones is 1. The SMILES string of the molecule is CC1=C(Cl)C(=O)C(Cl)(Cl)C(C)(Cl)C1=NC(=NS(=O)(=O)c1ccc(C)cc1)c1ccccc1. The minimum absolute atomic E-state index is 0.00137. The summed E-state index contributed by atoms with van der Waals surface area (Å²) in [6.45, 7) is 4.78. The minimum Gasteiger partial charge on any atom is -0.290 e. The maximum atomic E-state index is 13.0. The van der Waals surface area contributed by atoms with Crippen LogP contribution in [0.25, 0.3) is 0 Å². The quantitative estimate of drug-likeness (QED) is 0.283. The molecule has 2 aromatic carbocycles. The third-order valence-corrected chi connectivity index (χ3v) is 8.47. The van der Waals surface area contributed by atoms with Crippen LogP contribution in [0.15, 0.2) is 79.5 Å². The van der Waals surface area contributed by atoms with Crippen molar-refractivity contribution in [3.8, 4) is 0 Å². The van der Waals surface area contributed by atoms with Gasteiger partial charge in [0.1, 0.15) is 4.87 Å². The molecule has 0 heterocycles. The molecule has 0 fully saturated rings. The van der Waals surface area contributed by atoms with Crippen LogP contribution in [-0.4, -0.2) is 35.0 Å². The average molecular weight is 532 g/mol. The summed E-state index contributed by atoms with van der Waals surface area (Å²) in [6.07, 6.45) is 0. The van der Waals surface area contributed by atoms with Gasteiger partial charge in [-0.05, 0) is 38.5 Å². The van der Waals surface area contributed by atoms with Crippen LogP contribution in [0.2, 0.25) is 0 Å². The van der Waals surface area contributed by atoms with Crippen LogP contribution < -0.4 is 0 Å². The molecule has 1 atom stereocenters. The van der Waals surface area contributed by atoms with E-state index in [2.05, 4.69) is 9.39 Å². The number of rotatable bonds is 3. The first-order chi connectivity index (χ1) is 14.8. The van der Waals surface area contributed by atoms with Crippen molar-refractivity contribution in [1.29, 1.82) is 0 Å². The number of Topliss-reactive ketones (excluding diaryl/α,β-unsaturated/α-hetero) is 1. The van der Waals surface area contributed by atoms with E-state index in [1.165, 1.54) is 26.0 Å². The Balaban J connectivity index is 2.29. The van der Waals surface area contributed by atoms with E-state index in [1.54, 1.807) is 42.5 Å². The Kier molecular flexibility index (Phi) is 6.95. The highest BCUT2D eigenvalue weighted by atomic mass is 35.5. The lowest BCUT2D eigenvalue weighted by Crippen LogP contribution is -2.55. The molecule has 168 valence electrons. The highest BCUT2D eigenvalue weighted by Crippen LogP contribution is 2.48. The molecule has 0 bridgehead atoms. The molecule has 0 N–H and O–H groups in total. The number of carbonyl (C=O) groups is 1. The van der Waals surface area contributed by atoms with E-state index in [0.717, 1.165) is 5.56 Å². The summed E-state index contributed by atoms with van der Waals surface area (Å²) in [5.41, 5.74) is 1.56. The van der Waals surface area contributed by atoms with Crippen molar-refractivity contribution < 1.29 is 13.2 Å². The third kappa shape index (κ3) is 4.52. The van der Waals surface area contributed by atoms with Gasteiger partial charge in [-0.1, -0.05) is 82.8 Å². The summed E-state index contributed by atoms with van der Waals surface area (Å²) in [5, 5.41) is -0.235. The highest BCUT2D eigenvalue weighted by Gasteiger charge is 2.58. The third-order valence-electron chi connectivity index (χ3n) is 4.98. The molecule has 1 unspecified atom stereocenters. The zero-order valence-electron chi connectivity index (χ0n) is 17.2. The molecular weight excluding hydrogens is 514 g/mol. The fraction of sp³-hybridized carbons (Fsp3) is 0.227. The molecule has 5 nitrogen and oxygen atoms in total. The first-order valence-electron chi connectivity index (χ1n) is 9.33. The molecular formula is C22H18Cl4N2O3S. The number of sulfonamides is 1. The zero-order chi connectivity index (χ0) is 23.9. The minimum atomic E-state index is -4.13. The highest BCUT2D eigenvalue weighted by molar-refractivity contribution is 7.90. The number of allylic oxidation sites excluding steroid dienone is 2. The number of nitrogens with zero attached hydrogens (tertiary/aromatic N) is 2. The van der Waals surface area contributed by atoms with Crippen LogP contribution in [0.1, 0.15) is 25.0 Å². The summed E-state index contributed by atoms with van der Waals surface area (Å²) in [4.78, 5) is 15.2. The van der Waals surface area contributed by atoms with Crippen molar-refractivity contribution in [2.24, 2.45) is 9.39 Å². The van der Waals surface area contributed by atoms with Crippen LogP contribution in [0.5, 0.6) is 0 Å². The number of hydrogen-bond acceptors (Lipinski definition) is 3. The smallest absolute Gasteiger partial charge is 0.284 e. The van der Waals surface area contributed by atoms with Gasteiger partial charge in [-0.2, -0.15) is 8.42 Å². The Morgan fingerprint density at radius 3 is 2.06 bits per heavy atom. The van der Waals surface area contributed by atoms with Gasteiger partial charge in [-0.15, -0.1) is 16.0 Å². The predicted molar refractivity (Wildman–Crippen MR) is 131 cm³/mol. The van der Waals surface area contributed by atoms with E-state index >= 15 is 0 Å². The normalized spacial score (nSPS) is 23.0. The van der Waals surface area contributed by atoms with Crippen molar-refractivity contribution in [1.82, 2.24) is 0 Å². The van der Waals surface area contributed by atoms with Gasteiger partial charge in [0.05, 0.1) is 15.6 Å². The van der Waals surface area contributed by atoms with Crippen LogP contribution in [-0.2, 0) is 14.8 Å². The van der Waals surface area contributed by atoms with Crippen LogP contribution in [0, 0.1) is 6.92 Å². The molecule has 3 rings (SSSR count). The molecule has 0 amide bonds. The fourth-order valence-electron chi connectivity index (χ4n) is 3.02. The maximum absolute atomic E-state index is 13.0. The monoisotopic (exact) mass is 530 g/mol. The summed E-state index contributed by atoms with van der Waals surface area (Å²) in [5.74, 6) is -0.919. The van der Waals surface area contributed by atoms with Crippen LogP contribution in [0.4, 0.5) is 0 Å². The van der Waals surface area contributed by atoms with Crippen molar-refractivity contribution in [2.45, 2.75) is 34.9 Å². The lowest BCUT2D eigenvalue weighted by Gasteiger charge is -2.39. The molecule has 0 saturated heterocycles. The van der Waals surface area contributed by atoms with Gasteiger partial charge in [-0.25, -0.2) is 4.99 Å². The van der Waals surface area contributed by atoms with Crippen molar-refractivity contribution in [2.75, 3.05) is 0 Å². The summed E-state index contributed by atoms with van der Waals surface area (Å²) >= 11 is 25.3. The van der Waals surface area contributed by atoms with Gasteiger partial charge in [-0.3, -0.25) is 4.79 Å². The average Bonchev–Trinajstić information content (AvgIpc) is 2.74. The Morgan fingerprint density at radius 1 is 0.938 bits per heavy atom. The van der Waals surface area contributed by atoms with Gasteiger partial charge in [0.15, 0.2) is 5.84 Å². The largest absolute Gasteiger partial charge is 0.290 e. The Hall–Kier alpha value is -1.70.